The van der Waals surface area contributed by atoms with E-state index in [-0.39, 0.29) is 19.2 Å². The van der Waals surface area contributed by atoms with Gasteiger partial charge in [-0.1, -0.05) is 0 Å². The average Bonchev–Trinajstić information content (AvgIpc) is 2.88. The predicted molar refractivity (Wildman–Crippen MR) is 70.2 cm³/mol. The topological polar surface area (TPSA) is 101 Å². The minimum Gasteiger partial charge on any atom is -0.481 e. The van der Waals surface area contributed by atoms with E-state index in [4.69, 9.17) is 9.84 Å². The molecule has 1 aromatic rings. The minimum atomic E-state index is -0.954. The van der Waals surface area contributed by atoms with Gasteiger partial charge in [-0.05, 0) is 24.1 Å². The Bertz CT molecular complexity index is 466. The van der Waals surface area contributed by atoms with E-state index in [0.29, 0.717) is 13.0 Å². The average molecular weight is 279 g/mol. The first kappa shape index (κ1) is 14.3. The molecule has 1 saturated heterocycles. The van der Waals surface area contributed by atoms with E-state index in [1.165, 1.54) is 0 Å². The molecule has 0 bridgehead atoms. The van der Waals surface area contributed by atoms with Crippen LogP contribution in [0.2, 0.25) is 0 Å². The number of amides is 2. The number of carbonyl (C=O) groups excluding carboxylic acids is 1. The zero-order valence-electron chi connectivity index (χ0n) is 10.9. The second kappa shape index (κ2) is 6.85. The molecular formula is C13H17N3O4. The normalized spacial score (nSPS) is 21.4. The Kier molecular flexibility index (Phi) is 4.89. The Morgan fingerprint density at radius 1 is 1.35 bits per heavy atom. The van der Waals surface area contributed by atoms with Crippen molar-refractivity contribution in [2.75, 3.05) is 19.8 Å². The van der Waals surface area contributed by atoms with Gasteiger partial charge in [0, 0.05) is 18.9 Å². The molecule has 0 aliphatic carbocycles. The van der Waals surface area contributed by atoms with Crippen molar-refractivity contribution >= 4 is 12.0 Å². The lowest BCUT2D eigenvalue weighted by Crippen LogP contribution is -2.47. The van der Waals surface area contributed by atoms with Crippen LogP contribution in [-0.4, -0.2) is 47.9 Å². The van der Waals surface area contributed by atoms with Crippen molar-refractivity contribution in [2.24, 2.45) is 5.92 Å². The third kappa shape index (κ3) is 3.92. The largest absolute Gasteiger partial charge is 0.481 e. The number of rotatable bonds is 5. The molecule has 1 aliphatic heterocycles. The molecule has 1 aliphatic rings. The molecule has 0 aromatic carbocycles. The summed E-state index contributed by atoms with van der Waals surface area (Å²) in [4.78, 5) is 26.5. The molecule has 2 rings (SSSR count). The van der Waals surface area contributed by atoms with Crippen molar-refractivity contribution in [1.82, 2.24) is 15.6 Å². The molecule has 0 spiro atoms. The van der Waals surface area contributed by atoms with E-state index in [9.17, 15) is 9.59 Å². The maximum absolute atomic E-state index is 11.7. The monoisotopic (exact) mass is 279 g/mol. The van der Waals surface area contributed by atoms with E-state index < -0.39 is 17.9 Å². The highest BCUT2D eigenvalue weighted by molar-refractivity contribution is 5.77. The quantitative estimate of drug-likeness (QED) is 0.705. The first-order valence-corrected chi connectivity index (χ1v) is 6.40. The summed E-state index contributed by atoms with van der Waals surface area (Å²) in [6, 6.07) is 2.91. The van der Waals surface area contributed by atoms with Gasteiger partial charge in [0.25, 0.3) is 0 Å². The van der Waals surface area contributed by atoms with E-state index in [1.54, 1.807) is 12.4 Å². The van der Waals surface area contributed by atoms with Gasteiger partial charge in [-0.15, -0.1) is 0 Å². The van der Waals surface area contributed by atoms with Gasteiger partial charge in [0.15, 0.2) is 0 Å². The Labute approximate surface area is 116 Å². The molecular weight excluding hydrogens is 262 g/mol. The Morgan fingerprint density at radius 2 is 2.10 bits per heavy atom. The molecule has 7 nitrogen and oxygen atoms in total. The Balaban J connectivity index is 1.71. The summed E-state index contributed by atoms with van der Waals surface area (Å²) in [6.45, 7) is 0.840. The molecule has 2 unspecified atom stereocenters. The number of pyridine rings is 1. The highest BCUT2D eigenvalue weighted by Crippen LogP contribution is 2.13. The lowest BCUT2D eigenvalue weighted by atomic mass is 10.0. The number of hydrogen-bond donors (Lipinski definition) is 3. The zero-order valence-corrected chi connectivity index (χ0v) is 10.9. The smallest absolute Gasteiger partial charge is 0.315 e. The van der Waals surface area contributed by atoms with Crippen molar-refractivity contribution in [1.29, 1.82) is 0 Å². The first-order valence-electron chi connectivity index (χ1n) is 6.40. The third-order valence-electron chi connectivity index (χ3n) is 3.16. The van der Waals surface area contributed by atoms with E-state index in [0.717, 1.165) is 5.56 Å². The lowest BCUT2D eigenvalue weighted by Gasteiger charge is -2.16. The van der Waals surface area contributed by atoms with Crippen molar-refractivity contribution in [2.45, 2.75) is 12.5 Å². The number of urea groups is 1. The minimum absolute atomic E-state index is 0.136. The fourth-order valence-electron chi connectivity index (χ4n) is 2.03. The standard InChI is InChI=1S/C13H17N3O4/c17-12(18)10-7-20-8-11(10)16-13(19)15-6-3-9-1-4-14-5-2-9/h1-2,4-5,10-11H,3,6-8H2,(H,17,18)(H2,15,16,19). The molecule has 2 amide bonds. The molecule has 1 fully saturated rings. The summed E-state index contributed by atoms with van der Waals surface area (Å²) in [5.41, 5.74) is 1.08. The number of ether oxygens (including phenoxy) is 1. The summed E-state index contributed by atoms with van der Waals surface area (Å²) in [5.74, 6) is -1.63. The van der Waals surface area contributed by atoms with Gasteiger partial charge >= 0.3 is 12.0 Å². The lowest BCUT2D eigenvalue weighted by molar-refractivity contribution is -0.142. The van der Waals surface area contributed by atoms with Crippen LogP contribution >= 0.6 is 0 Å². The van der Waals surface area contributed by atoms with Gasteiger partial charge in [-0.2, -0.15) is 0 Å². The first-order chi connectivity index (χ1) is 9.66. The van der Waals surface area contributed by atoms with Crippen molar-refractivity contribution in [3.05, 3.63) is 30.1 Å². The molecule has 2 heterocycles. The van der Waals surface area contributed by atoms with Gasteiger partial charge in [-0.3, -0.25) is 9.78 Å². The van der Waals surface area contributed by atoms with Gasteiger partial charge in [0.05, 0.1) is 19.3 Å². The van der Waals surface area contributed by atoms with Crippen LogP contribution in [0, 0.1) is 5.92 Å². The summed E-state index contributed by atoms with van der Waals surface area (Å²) < 4.78 is 5.08. The zero-order chi connectivity index (χ0) is 14.4. The molecule has 7 heteroatoms. The van der Waals surface area contributed by atoms with Crippen LogP contribution in [-0.2, 0) is 16.0 Å². The van der Waals surface area contributed by atoms with Crippen LogP contribution in [0.25, 0.3) is 0 Å². The number of carboxylic acids is 1. The Morgan fingerprint density at radius 3 is 2.80 bits per heavy atom. The van der Waals surface area contributed by atoms with Gasteiger partial charge in [-0.25, -0.2) is 4.79 Å². The van der Waals surface area contributed by atoms with Crippen LogP contribution in [0.3, 0.4) is 0 Å². The Hall–Kier alpha value is -2.15. The fraction of sp³-hybridized carbons (Fsp3) is 0.462. The molecule has 3 N–H and O–H groups in total. The summed E-state index contributed by atoms with van der Waals surface area (Å²) in [7, 11) is 0. The number of carboxylic acid groups (broad SMARTS) is 1. The van der Waals surface area contributed by atoms with Crippen LogP contribution in [0.15, 0.2) is 24.5 Å². The molecule has 1 aromatic heterocycles. The van der Waals surface area contributed by atoms with Crippen molar-refractivity contribution < 1.29 is 19.4 Å². The predicted octanol–water partition coefficient (Wildman–Crippen LogP) is 0.0229. The molecule has 20 heavy (non-hydrogen) atoms. The van der Waals surface area contributed by atoms with Crippen LogP contribution in [0.1, 0.15) is 5.56 Å². The van der Waals surface area contributed by atoms with Gasteiger partial charge in [0.1, 0.15) is 5.92 Å². The molecule has 2 atom stereocenters. The summed E-state index contributed by atoms with van der Waals surface area (Å²) >= 11 is 0. The number of aliphatic carboxylic acids is 1. The third-order valence-corrected chi connectivity index (χ3v) is 3.16. The van der Waals surface area contributed by atoms with Crippen molar-refractivity contribution in [3.8, 4) is 0 Å². The van der Waals surface area contributed by atoms with Crippen molar-refractivity contribution in [3.63, 3.8) is 0 Å². The maximum Gasteiger partial charge on any atom is 0.315 e. The molecule has 0 radical (unpaired) electrons. The van der Waals surface area contributed by atoms with Crippen LogP contribution in [0.5, 0.6) is 0 Å². The number of carbonyl (C=O) groups is 2. The SMILES string of the molecule is O=C(NCCc1ccncc1)NC1COCC1C(=O)O. The highest BCUT2D eigenvalue weighted by Gasteiger charge is 2.34. The second-order valence-electron chi connectivity index (χ2n) is 4.59. The molecule has 108 valence electrons. The van der Waals surface area contributed by atoms with E-state index >= 15 is 0 Å². The van der Waals surface area contributed by atoms with E-state index in [1.807, 2.05) is 12.1 Å². The second-order valence-corrected chi connectivity index (χ2v) is 4.59. The highest BCUT2D eigenvalue weighted by atomic mass is 16.5. The van der Waals surface area contributed by atoms with Crippen LogP contribution < -0.4 is 10.6 Å². The maximum atomic E-state index is 11.7. The number of hydrogen-bond acceptors (Lipinski definition) is 4. The summed E-state index contributed by atoms with van der Waals surface area (Å²) in [6.07, 6.45) is 4.09. The fourth-order valence-corrected chi connectivity index (χ4v) is 2.03. The van der Waals surface area contributed by atoms with Gasteiger partial charge < -0.3 is 20.5 Å². The van der Waals surface area contributed by atoms with Gasteiger partial charge in [0.2, 0.25) is 0 Å². The summed E-state index contributed by atoms with van der Waals surface area (Å²) in [5, 5.41) is 14.3. The van der Waals surface area contributed by atoms with E-state index in [2.05, 4.69) is 15.6 Å². The molecule has 0 saturated carbocycles. The number of nitrogens with zero attached hydrogens (tertiary/aromatic N) is 1. The number of aromatic nitrogens is 1. The van der Waals surface area contributed by atoms with Crippen LogP contribution in [0.4, 0.5) is 4.79 Å². The number of nitrogens with one attached hydrogen (secondary N) is 2.